The molecule has 122 valence electrons. The van der Waals surface area contributed by atoms with Gasteiger partial charge in [0.05, 0.1) is 11.1 Å². The van der Waals surface area contributed by atoms with E-state index < -0.39 is 29.3 Å². The van der Waals surface area contributed by atoms with Crippen molar-refractivity contribution in [2.24, 2.45) is 0 Å². The summed E-state index contributed by atoms with van der Waals surface area (Å²) >= 11 is 0. The molecule has 0 aliphatic carbocycles. The lowest BCUT2D eigenvalue weighted by atomic mass is 10.1. The van der Waals surface area contributed by atoms with Crippen molar-refractivity contribution in [3.63, 3.8) is 0 Å². The normalized spacial score (nSPS) is 13.9. The van der Waals surface area contributed by atoms with Crippen LogP contribution in [0.25, 0.3) is 0 Å². The van der Waals surface area contributed by atoms with Crippen molar-refractivity contribution in [1.82, 2.24) is 5.06 Å². The van der Waals surface area contributed by atoms with Gasteiger partial charge in [-0.15, -0.1) is 0 Å². The summed E-state index contributed by atoms with van der Waals surface area (Å²) in [5.74, 6) is -7.91. The molecule has 0 spiro atoms. The van der Waals surface area contributed by atoms with Gasteiger partial charge in [0.2, 0.25) is 0 Å². The third-order valence-corrected chi connectivity index (χ3v) is 3.57. The standard InChI is InChI=1S/C17H11F2NO4/c1-10-5-4-6-11(9-10)17(18,19)16(23)24-20-14(21)12-7-2-3-8-13(12)15(20)22/h2-9H,1H3. The molecular formula is C17H11F2NO4. The number of aryl methyl sites for hydroxylation is 1. The maximum absolute atomic E-state index is 14.2. The van der Waals surface area contributed by atoms with E-state index >= 15 is 0 Å². The fraction of sp³-hybridized carbons (Fsp3) is 0.118. The Morgan fingerprint density at radius 1 is 1.00 bits per heavy atom. The van der Waals surface area contributed by atoms with Crippen LogP contribution in [-0.4, -0.2) is 22.8 Å². The molecular weight excluding hydrogens is 320 g/mol. The zero-order valence-corrected chi connectivity index (χ0v) is 12.5. The van der Waals surface area contributed by atoms with Crippen LogP contribution in [0.5, 0.6) is 0 Å². The first-order chi connectivity index (χ1) is 11.3. The maximum Gasteiger partial charge on any atom is 0.407 e. The van der Waals surface area contributed by atoms with Gasteiger partial charge in [0.15, 0.2) is 0 Å². The van der Waals surface area contributed by atoms with Crippen LogP contribution < -0.4 is 0 Å². The summed E-state index contributed by atoms with van der Waals surface area (Å²) in [6, 6.07) is 10.9. The lowest BCUT2D eigenvalue weighted by Crippen LogP contribution is -2.38. The number of carbonyl (C=O) groups excluding carboxylic acids is 3. The van der Waals surface area contributed by atoms with Crippen LogP contribution in [0.3, 0.4) is 0 Å². The largest absolute Gasteiger partial charge is 0.407 e. The fourth-order valence-corrected chi connectivity index (χ4v) is 2.35. The summed E-state index contributed by atoms with van der Waals surface area (Å²) in [5, 5.41) is 0.0662. The van der Waals surface area contributed by atoms with E-state index in [4.69, 9.17) is 0 Å². The molecule has 24 heavy (non-hydrogen) atoms. The summed E-state index contributed by atoms with van der Waals surface area (Å²) in [6.07, 6.45) is 0. The van der Waals surface area contributed by atoms with Crippen LogP contribution in [0, 0.1) is 6.92 Å². The Morgan fingerprint density at radius 2 is 1.58 bits per heavy atom. The van der Waals surface area contributed by atoms with Crippen molar-refractivity contribution in [2.45, 2.75) is 12.8 Å². The van der Waals surface area contributed by atoms with E-state index in [1.54, 1.807) is 13.0 Å². The molecule has 0 radical (unpaired) electrons. The molecule has 1 aliphatic heterocycles. The number of hydrogen-bond donors (Lipinski definition) is 0. The van der Waals surface area contributed by atoms with Gasteiger partial charge < -0.3 is 4.84 Å². The van der Waals surface area contributed by atoms with Gasteiger partial charge >= 0.3 is 11.9 Å². The number of carbonyl (C=O) groups is 3. The summed E-state index contributed by atoms with van der Waals surface area (Å²) < 4.78 is 28.5. The first-order valence-electron chi connectivity index (χ1n) is 6.97. The Bertz CT molecular complexity index is 828. The van der Waals surface area contributed by atoms with E-state index in [1.807, 2.05) is 0 Å². The molecule has 0 unspecified atom stereocenters. The van der Waals surface area contributed by atoms with Gasteiger partial charge in [-0.25, -0.2) is 4.79 Å². The van der Waals surface area contributed by atoms with Crippen LogP contribution in [0.15, 0.2) is 48.5 Å². The topological polar surface area (TPSA) is 63.7 Å². The van der Waals surface area contributed by atoms with Crippen LogP contribution >= 0.6 is 0 Å². The van der Waals surface area contributed by atoms with Gasteiger partial charge in [0, 0.05) is 5.56 Å². The molecule has 0 bridgehead atoms. The quantitative estimate of drug-likeness (QED) is 0.811. The number of nitrogens with zero attached hydrogens (tertiary/aromatic N) is 1. The molecule has 7 heteroatoms. The van der Waals surface area contributed by atoms with Crippen LogP contribution in [0.4, 0.5) is 8.78 Å². The highest BCUT2D eigenvalue weighted by Crippen LogP contribution is 2.32. The third-order valence-electron chi connectivity index (χ3n) is 3.57. The van der Waals surface area contributed by atoms with Crippen molar-refractivity contribution < 1.29 is 28.0 Å². The monoisotopic (exact) mass is 331 g/mol. The molecule has 0 atom stereocenters. The second kappa shape index (κ2) is 5.52. The Labute approximate surface area is 135 Å². The maximum atomic E-state index is 14.2. The zero-order chi connectivity index (χ0) is 17.5. The molecule has 0 N–H and O–H groups in total. The highest BCUT2D eigenvalue weighted by molar-refractivity contribution is 6.20. The minimum atomic E-state index is -4.00. The molecule has 5 nitrogen and oxygen atoms in total. The number of rotatable bonds is 3. The second-order valence-electron chi connectivity index (χ2n) is 5.27. The van der Waals surface area contributed by atoms with Crippen molar-refractivity contribution in [3.05, 3.63) is 70.8 Å². The van der Waals surface area contributed by atoms with Crippen LogP contribution in [0.1, 0.15) is 31.8 Å². The van der Waals surface area contributed by atoms with Gasteiger partial charge in [-0.3, -0.25) is 9.59 Å². The summed E-state index contributed by atoms with van der Waals surface area (Å²) in [6.45, 7) is 1.59. The predicted octanol–water partition coefficient (Wildman–Crippen LogP) is 2.84. The third kappa shape index (κ3) is 2.44. The molecule has 0 fully saturated rings. The number of amides is 2. The van der Waals surface area contributed by atoms with E-state index in [9.17, 15) is 23.2 Å². The number of imide groups is 1. The second-order valence-corrected chi connectivity index (χ2v) is 5.27. The minimum absolute atomic E-state index is 0.00540. The smallest absolute Gasteiger partial charge is 0.323 e. The van der Waals surface area contributed by atoms with Crippen molar-refractivity contribution in [1.29, 1.82) is 0 Å². The van der Waals surface area contributed by atoms with Crippen LogP contribution in [0.2, 0.25) is 0 Å². The number of halogens is 2. The lowest BCUT2D eigenvalue weighted by Gasteiger charge is -2.19. The molecule has 2 aromatic carbocycles. The van der Waals surface area contributed by atoms with E-state index in [2.05, 4.69) is 4.84 Å². The van der Waals surface area contributed by atoms with Crippen LogP contribution in [-0.2, 0) is 15.6 Å². The van der Waals surface area contributed by atoms with E-state index in [1.165, 1.54) is 30.3 Å². The summed E-state index contributed by atoms with van der Waals surface area (Å²) in [5.41, 5.74) is -0.0619. The van der Waals surface area contributed by atoms with E-state index in [-0.39, 0.29) is 16.2 Å². The molecule has 3 rings (SSSR count). The Kier molecular flexibility index (Phi) is 3.63. The average Bonchev–Trinajstić information content (AvgIpc) is 2.80. The molecule has 0 saturated carbocycles. The minimum Gasteiger partial charge on any atom is -0.323 e. The van der Waals surface area contributed by atoms with Crippen molar-refractivity contribution in [3.8, 4) is 0 Å². The first kappa shape index (κ1) is 15.8. The fourth-order valence-electron chi connectivity index (χ4n) is 2.35. The van der Waals surface area contributed by atoms with Gasteiger partial charge in [0.25, 0.3) is 11.8 Å². The average molecular weight is 331 g/mol. The molecule has 0 aromatic heterocycles. The lowest BCUT2D eigenvalue weighted by molar-refractivity contribution is -0.198. The predicted molar refractivity (Wildman–Crippen MR) is 78.1 cm³/mol. The molecule has 1 aliphatic rings. The molecule has 2 aromatic rings. The van der Waals surface area contributed by atoms with Crippen molar-refractivity contribution >= 4 is 17.8 Å². The Morgan fingerprint density at radius 3 is 2.12 bits per heavy atom. The van der Waals surface area contributed by atoms with E-state index in [0.717, 1.165) is 12.1 Å². The number of benzene rings is 2. The van der Waals surface area contributed by atoms with Gasteiger partial charge in [-0.05, 0) is 25.1 Å². The summed E-state index contributed by atoms with van der Waals surface area (Å²) in [7, 11) is 0. The van der Waals surface area contributed by atoms with Gasteiger partial charge in [-0.2, -0.15) is 8.78 Å². The number of hydrogen-bond acceptors (Lipinski definition) is 4. The highest BCUT2D eigenvalue weighted by Gasteiger charge is 2.48. The SMILES string of the molecule is Cc1cccc(C(F)(F)C(=O)ON2C(=O)c3ccccc3C2=O)c1. The Hall–Kier alpha value is -3.09. The highest BCUT2D eigenvalue weighted by atomic mass is 19.3. The van der Waals surface area contributed by atoms with Crippen molar-refractivity contribution in [2.75, 3.05) is 0 Å². The molecule has 0 saturated heterocycles. The van der Waals surface area contributed by atoms with Gasteiger partial charge in [-0.1, -0.05) is 41.0 Å². The molecule has 2 amide bonds. The summed E-state index contributed by atoms with van der Waals surface area (Å²) in [4.78, 5) is 40.4. The number of alkyl halides is 2. The number of fused-ring (bicyclic) bond motifs is 1. The number of hydroxylamine groups is 2. The van der Waals surface area contributed by atoms with Gasteiger partial charge in [0.1, 0.15) is 0 Å². The van der Waals surface area contributed by atoms with E-state index in [0.29, 0.717) is 5.56 Å². The molecule has 1 heterocycles. The Balaban J connectivity index is 1.85. The zero-order valence-electron chi connectivity index (χ0n) is 12.5. The first-order valence-corrected chi connectivity index (χ1v) is 6.97.